The molecule has 0 radical (unpaired) electrons. The van der Waals surface area contributed by atoms with Crippen molar-refractivity contribution >= 4 is 45.7 Å². The minimum atomic E-state index is -0.0801. The number of rotatable bonds is 8. The second kappa shape index (κ2) is 9.78. The van der Waals surface area contributed by atoms with Crippen molar-refractivity contribution in [1.82, 2.24) is 9.97 Å². The summed E-state index contributed by atoms with van der Waals surface area (Å²) in [6.07, 6.45) is 4.70. The summed E-state index contributed by atoms with van der Waals surface area (Å²) in [4.78, 5) is 20.9. The molecule has 2 aromatic heterocycles. The van der Waals surface area contributed by atoms with Gasteiger partial charge in [0.05, 0.1) is 28.8 Å². The minimum Gasteiger partial charge on any atom is -0.444 e. The van der Waals surface area contributed by atoms with Crippen LogP contribution in [0.15, 0.2) is 45.3 Å². The van der Waals surface area contributed by atoms with E-state index in [1.54, 1.807) is 24.2 Å². The normalized spacial score (nSPS) is 11.6. The highest BCUT2D eigenvalue weighted by Gasteiger charge is 2.19. The molecule has 0 fully saturated rings. The Morgan fingerprint density at radius 3 is 2.55 bits per heavy atom. The number of benzene rings is 1. The zero-order chi connectivity index (χ0) is 20.9. The second-order valence-corrected chi connectivity index (χ2v) is 10.3. The fourth-order valence-electron chi connectivity index (χ4n) is 2.52. The van der Waals surface area contributed by atoms with E-state index in [1.807, 2.05) is 24.3 Å². The lowest BCUT2D eigenvalue weighted by Crippen LogP contribution is -2.14. The lowest BCUT2D eigenvalue weighted by atomic mass is 9.94. The number of hydrogen-bond acceptors (Lipinski definition) is 6. The Labute approximate surface area is 184 Å². The molecule has 5 nitrogen and oxygen atoms in total. The molecule has 0 bridgehead atoms. The summed E-state index contributed by atoms with van der Waals surface area (Å²) in [5, 5.41) is 3.46. The van der Waals surface area contributed by atoms with E-state index in [9.17, 15) is 4.79 Å². The van der Waals surface area contributed by atoms with Crippen molar-refractivity contribution < 1.29 is 9.21 Å². The van der Waals surface area contributed by atoms with Crippen LogP contribution < -0.4 is 5.32 Å². The third-order valence-electron chi connectivity index (χ3n) is 4.13. The molecule has 0 aliphatic rings. The average Bonchev–Trinajstić information content (AvgIpc) is 3.31. The van der Waals surface area contributed by atoms with Gasteiger partial charge >= 0.3 is 0 Å². The Bertz CT molecular complexity index is 945. The molecular formula is C21H24ClN3O2S2. The number of nitrogens with one attached hydrogen (secondary N) is 1. The first-order valence-corrected chi connectivity index (χ1v) is 11.6. The van der Waals surface area contributed by atoms with Crippen molar-refractivity contribution in [2.45, 2.75) is 49.0 Å². The van der Waals surface area contributed by atoms with Gasteiger partial charge < -0.3 is 9.73 Å². The zero-order valence-corrected chi connectivity index (χ0v) is 19.1. The molecule has 1 aromatic carbocycles. The maximum absolute atomic E-state index is 12.3. The SMILES string of the molecule is CC(C)(C)c1cnc(CSc2cnc(NC(=O)Cc3ccc(CCCl)cc3)s2)o1. The third kappa shape index (κ3) is 6.59. The van der Waals surface area contributed by atoms with Crippen LogP contribution in [-0.2, 0) is 28.8 Å². The van der Waals surface area contributed by atoms with Crippen LogP contribution in [0.3, 0.4) is 0 Å². The fourth-order valence-corrected chi connectivity index (χ4v) is 4.48. The number of carbonyl (C=O) groups is 1. The van der Waals surface area contributed by atoms with Crippen molar-refractivity contribution in [2.75, 3.05) is 11.2 Å². The number of thioether (sulfide) groups is 1. The van der Waals surface area contributed by atoms with E-state index < -0.39 is 0 Å². The fraction of sp³-hybridized carbons (Fsp3) is 0.381. The minimum absolute atomic E-state index is 0.0533. The van der Waals surface area contributed by atoms with Gasteiger partial charge in [0, 0.05) is 11.3 Å². The van der Waals surface area contributed by atoms with E-state index in [-0.39, 0.29) is 11.3 Å². The summed E-state index contributed by atoms with van der Waals surface area (Å²) in [5.41, 5.74) is 2.08. The van der Waals surface area contributed by atoms with Gasteiger partial charge in [-0.1, -0.05) is 56.4 Å². The number of nitrogens with zero attached hydrogens (tertiary/aromatic N) is 2. The van der Waals surface area contributed by atoms with Crippen molar-refractivity contribution in [3.05, 3.63) is 59.4 Å². The maximum atomic E-state index is 12.3. The molecule has 0 aliphatic heterocycles. The third-order valence-corrected chi connectivity index (χ3v) is 6.41. The van der Waals surface area contributed by atoms with Crippen LogP contribution in [0.25, 0.3) is 0 Å². The lowest BCUT2D eigenvalue weighted by molar-refractivity contribution is -0.115. The molecule has 1 N–H and O–H groups in total. The Kier molecular flexibility index (Phi) is 7.38. The number of alkyl halides is 1. The van der Waals surface area contributed by atoms with E-state index in [1.165, 1.54) is 16.9 Å². The molecular weight excluding hydrogens is 426 g/mol. The summed E-state index contributed by atoms with van der Waals surface area (Å²) in [6.45, 7) is 6.28. The molecule has 0 aliphatic carbocycles. The van der Waals surface area contributed by atoms with E-state index in [0.717, 1.165) is 22.0 Å². The highest BCUT2D eigenvalue weighted by molar-refractivity contribution is 8.00. The number of anilines is 1. The molecule has 0 saturated carbocycles. The van der Waals surface area contributed by atoms with Crippen molar-refractivity contribution in [3.63, 3.8) is 0 Å². The molecule has 0 unspecified atom stereocenters. The van der Waals surface area contributed by atoms with Crippen LogP contribution in [0.1, 0.15) is 43.5 Å². The number of oxazole rings is 1. The van der Waals surface area contributed by atoms with E-state index in [4.69, 9.17) is 16.0 Å². The van der Waals surface area contributed by atoms with Crippen LogP contribution >= 0.6 is 34.7 Å². The van der Waals surface area contributed by atoms with Gasteiger partial charge in [0.1, 0.15) is 5.76 Å². The Balaban J connectivity index is 1.49. The van der Waals surface area contributed by atoms with E-state index in [2.05, 4.69) is 36.1 Å². The van der Waals surface area contributed by atoms with Crippen molar-refractivity contribution in [3.8, 4) is 0 Å². The second-order valence-electron chi connectivity index (χ2n) is 7.62. The topological polar surface area (TPSA) is 68.0 Å². The van der Waals surface area contributed by atoms with Gasteiger partial charge in [-0.15, -0.1) is 23.4 Å². The number of carbonyl (C=O) groups excluding carboxylic acids is 1. The monoisotopic (exact) mass is 449 g/mol. The van der Waals surface area contributed by atoms with Crippen molar-refractivity contribution in [2.24, 2.45) is 0 Å². The Morgan fingerprint density at radius 2 is 1.90 bits per heavy atom. The molecule has 1 amide bonds. The maximum Gasteiger partial charge on any atom is 0.230 e. The van der Waals surface area contributed by atoms with E-state index >= 15 is 0 Å². The summed E-state index contributed by atoms with van der Waals surface area (Å²) in [5.74, 6) is 2.71. The smallest absolute Gasteiger partial charge is 0.230 e. The number of amides is 1. The molecule has 0 atom stereocenters. The predicted molar refractivity (Wildman–Crippen MR) is 120 cm³/mol. The highest BCUT2D eigenvalue weighted by Crippen LogP contribution is 2.31. The van der Waals surface area contributed by atoms with Gasteiger partial charge in [0.15, 0.2) is 5.13 Å². The summed E-state index contributed by atoms with van der Waals surface area (Å²) in [7, 11) is 0. The van der Waals surface area contributed by atoms with Crippen LogP contribution in [-0.4, -0.2) is 21.8 Å². The first-order chi connectivity index (χ1) is 13.8. The summed E-state index contributed by atoms with van der Waals surface area (Å²) < 4.78 is 6.81. The van der Waals surface area contributed by atoms with Crippen LogP contribution in [0, 0.1) is 0 Å². The molecule has 2 heterocycles. The van der Waals surface area contributed by atoms with Gasteiger partial charge in [0.25, 0.3) is 0 Å². The number of aromatic nitrogens is 2. The molecule has 0 spiro atoms. The molecule has 0 saturated heterocycles. The first-order valence-electron chi connectivity index (χ1n) is 9.31. The number of halogens is 1. The lowest BCUT2D eigenvalue weighted by Gasteiger charge is -2.12. The van der Waals surface area contributed by atoms with Gasteiger partial charge in [-0.05, 0) is 17.5 Å². The Hall–Kier alpha value is -1.83. The molecule has 154 valence electrons. The zero-order valence-electron chi connectivity index (χ0n) is 16.7. The molecule has 3 aromatic rings. The van der Waals surface area contributed by atoms with Gasteiger partial charge in [-0.25, -0.2) is 9.97 Å². The predicted octanol–water partition coefficient (Wildman–Crippen LogP) is 5.68. The highest BCUT2D eigenvalue weighted by atomic mass is 35.5. The van der Waals surface area contributed by atoms with Crippen LogP contribution in [0.4, 0.5) is 5.13 Å². The Morgan fingerprint density at radius 1 is 1.17 bits per heavy atom. The number of thiazole rings is 1. The van der Waals surface area contributed by atoms with Gasteiger partial charge in [-0.3, -0.25) is 4.79 Å². The van der Waals surface area contributed by atoms with Gasteiger partial charge in [-0.2, -0.15) is 0 Å². The summed E-state index contributed by atoms with van der Waals surface area (Å²) in [6, 6.07) is 7.95. The molecule has 29 heavy (non-hydrogen) atoms. The first kappa shape index (κ1) is 21.9. The molecule has 3 rings (SSSR count). The number of hydrogen-bond donors (Lipinski definition) is 1. The standard InChI is InChI=1S/C21H24ClN3O2S2/c1-21(2,3)16-11-23-18(27-16)13-28-19-12-24-20(29-19)25-17(26)10-15-6-4-14(5-7-15)8-9-22/h4-7,11-12H,8-10,13H2,1-3H3,(H,24,25,26). The van der Waals surface area contributed by atoms with Crippen LogP contribution in [0.5, 0.6) is 0 Å². The van der Waals surface area contributed by atoms with Crippen molar-refractivity contribution in [1.29, 1.82) is 0 Å². The van der Waals surface area contributed by atoms with Gasteiger partial charge in [0.2, 0.25) is 11.8 Å². The van der Waals surface area contributed by atoms with E-state index in [0.29, 0.717) is 29.1 Å². The average molecular weight is 450 g/mol. The number of aryl methyl sites for hydroxylation is 1. The summed E-state index contributed by atoms with van der Waals surface area (Å²) >= 11 is 8.79. The largest absolute Gasteiger partial charge is 0.444 e. The quantitative estimate of drug-likeness (QED) is 0.353. The molecule has 8 heteroatoms. The van der Waals surface area contributed by atoms with Crippen LogP contribution in [0.2, 0.25) is 0 Å².